The molecular formula is C19H21N5O2. The van der Waals surface area contributed by atoms with Gasteiger partial charge >= 0.3 is 0 Å². The maximum Gasteiger partial charge on any atom is 0.238 e. The van der Waals surface area contributed by atoms with Crippen molar-refractivity contribution in [2.45, 2.75) is 33.6 Å². The predicted molar refractivity (Wildman–Crippen MR) is 98.7 cm³/mol. The summed E-state index contributed by atoms with van der Waals surface area (Å²) in [6.45, 7) is 5.90. The van der Waals surface area contributed by atoms with Crippen molar-refractivity contribution in [2.75, 3.05) is 5.32 Å². The molecule has 0 saturated heterocycles. The highest BCUT2D eigenvalue weighted by atomic mass is 16.5. The van der Waals surface area contributed by atoms with E-state index in [-0.39, 0.29) is 5.91 Å². The number of amides is 1. The van der Waals surface area contributed by atoms with Gasteiger partial charge in [-0.2, -0.15) is 0 Å². The number of ether oxygens (including phenoxy) is 1. The van der Waals surface area contributed by atoms with Gasteiger partial charge in [0.1, 0.15) is 12.1 Å². The fraction of sp³-hybridized carbons (Fsp3) is 0.263. The van der Waals surface area contributed by atoms with Gasteiger partial charge in [-0.05, 0) is 50.6 Å². The number of rotatable bonds is 6. The molecule has 1 amide bonds. The molecule has 2 aromatic heterocycles. The van der Waals surface area contributed by atoms with E-state index in [1.54, 1.807) is 36.7 Å². The minimum atomic E-state index is 0.00709. The van der Waals surface area contributed by atoms with Crippen LogP contribution in [0.3, 0.4) is 0 Å². The van der Waals surface area contributed by atoms with Gasteiger partial charge in [-0.15, -0.1) is 10.2 Å². The van der Waals surface area contributed by atoms with Crippen molar-refractivity contribution in [3.8, 4) is 17.4 Å². The molecule has 2 heterocycles. The molecule has 0 unspecified atom stereocenters. The second kappa shape index (κ2) is 7.77. The summed E-state index contributed by atoms with van der Waals surface area (Å²) in [5.74, 6) is 1.71. The quantitative estimate of drug-likeness (QED) is 0.730. The van der Waals surface area contributed by atoms with E-state index in [1.165, 1.54) is 0 Å². The summed E-state index contributed by atoms with van der Waals surface area (Å²) in [4.78, 5) is 15.9. The molecule has 3 aromatic rings. The SMILES string of the molecule is CCCC(=O)Nc1ccc(Oc2ccc(-n3cnc(C)c3C)nn2)cc1. The molecule has 0 atom stereocenters. The van der Waals surface area contributed by atoms with Crippen molar-refractivity contribution < 1.29 is 9.53 Å². The number of nitrogens with zero attached hydrogens (tertiary/aromatic N) is 4. The Morgan fingerprint density at radius 1 is 1.12 bits per heavy atom. The highest BCUT2D eigenvalue weighted by molar-refractivity contribution is 5.90. The number of hydrogen-bond acceptors (Lipinski definition) is 5. The molecule has 0 aliphatic heterocycles. The fourth-order valence-corrected chi connectivity index (χ4v) is 2.40. The van der Waals surface area contributed by atoms with E-state index in [4.69, 9.17) is 4.74 Å². The molecule has 0 aliphatic rings. The van der Waals surface area contributed by atoms with E-state index in [1.807, 2.05) is 31.4 Å². The lowest BCUT2D eigenvalue weighted by Crippen LogP contribution is -2.10. The van der Waals surface area contributed by atoms with E-state index < -0.39 is 0 Å². The highest BCUT2D eigenvalue weighted by Crippen LogP contribution is 2.22. The van der Waals surface area contributed by atoms with Crippen molar-refractivity contribution in [1.29, 1.82) is 0 Å². The van der Waals surface area contributed by atoms with Crippen LogP contribution in [0.4, 0.5) is 5.69 Å². The summed E-state index contributed by atoms with van der Waals surface area (Å²) in [6, 6.07) is 10.7. The summed E-state index contributed by atoms with van der Waals surface area (Å²) in [7, 11) is 0. The summed E-state index contributed by atoms with van der Waals surface area (Å²) in [5.41, 5.74) is 2.72. The Morgan fingerprint density at radius 2 is 1.88 bits per heavy atom. The van der Waals surface area contributed by atoms with E-state index >= 15 is 0 Å². The van der Waals surface area contributed by atoms with Gasteiger partial charge in [-0.3, -0.25) is 9.36 Å². The third kappa shape index (κ3) is 4.05. The molecule has 0 fully saturated rings. The molecule has 7 heteroatoms. The number of imidazole rings is 1. The zero-order valence-corrected chi connectivity index (χ0v) is 15.1. The lowest BCUT2D eigenvalue weighted by molar-refractivity contribution is -0.116. The van der Waals surface area contributed by atoms with Crippen LogP contribution in [0, 0.1) is 13.8 Å². The Hall–Kier alpha value is -3.22. The number of carbonyl (C=O) groups is 1. The van der Waals surface area contributed by atoms with Crippen LogP contribution in [0.15, 0.2) is 42.7 Å². The highest BCUT2D eigenvalue weighted by Gasteiger charge is 2.07. The van der Waals surface area contributed by atoms with Gasteiger partial charge in [0.15, 0.2) is 5.82 Å². The van der Waals surface area contributed by atoms with Gasteiger partial charge in [0, 0.05) is 23.9 Å². The zero-order chi connectivity index (χ0) is 18.5. The second-order valence-electron chi connectivity index (χ2n) is 5.94. The minimum absolute atomic E-state index is 0.00709. The Labute approximate surface area is 152 Å². The van der Waals surface area contributed by atoms with E-state index in [0.717, 1.165) is 23.5 Å². The molecule has 0 radical (unpaired) electrons. The third-order valence-electron chi connectivity index (χ3n) is 3.96. The monoisotopic (exact) mass is 351 g/mol. The van der Waals surface area contributed by atoms with Crippen molar-refractivity contribution in [1.82, 2.24) is 19.7 Å². The second-order valence-corrected chi connectivity index (χ2v) is 5.94. The Morgan fingerprint density at radius 3 is 2.46 bits per heavy atom. The molecule has 7 nitrogen and oxygen atoms in total. The fourth-order valence-electron chi connectivity index (χ4n) is 2.40. The smallest absolute Gasteiger partial charge is 0.238 e. The third-order valence-corrected chi connectivity index (χ3v) is 3.96. The molecule has 0 spiro atoms. The van der Waals surface area contributed by atoms with Crippen LogP contribution < -0.4 is 10.1 Å². The molecule has 26 heavy (non-hydrogen) atoms. The zero-order valence-electron chi connectivity index (χ0n) is 15.1. The molecule has 1 N–H and O–H groups in total. The summed E-state index contributed by atoms with van der Waals surface area (Å²) >= 11 is 0. The summed E-state index contributed by atoms with van der Waals surface area (Å²) in [6.07, 6.45) is 3.05. The van der Waals surface area contributed by atoms with E-state index in [9.17, 15) is 4.79 Å². The maximum atomic E-state index is 11.6. The topological polar surface area (TPSA) is 81.9 Å². The van der Waals surface area contributed by atoms with Gasteiger partial charge in [0.2, 0.25) is 11.8 Å². The van der Waals surface area contributed by atoms with Gasteiger partial charge < -0.3 is 10.1 Å². The molecule has 0 bridgehead atoms. The summed E-state index contributed by atoms with van der Waals surface area (Å²) < 4.78 is 7.58. The number of nitrogens with one attached hydrogen (secondary N) is 1. The van der Waals surface area contributed by atoms with E-state index in [2.05, 4.69) is 20.5 Å². The molecule has 0 saturated carbocycles. The van der Waals surface area contributed by atoms with Crippen LogP contribution in [-0.4, -0.2) is 25.7 Å². The summed E-state index contributed by atoms with van der Waals surface area (Å²) in [5, 5.41) is 11.1. The number of anilines is 1. The lowest BCUT2D eigenvalue weighted by Gasteiger charge is -2.08. The van der Waals surface area contributed by atoms with Crippen LogP contribution in [0.2, 0.25) is 0 Å². The van der Waals surface area contributed by atoms with Crippen LogP contribution in [0.1, 0.15) is 31.2 Å². The standard InChI is InChI=1S/C19H21N5O2/c1-4-5-18(25)21-15-6-8-16(9-7-15)26-19-11-10-17(22-23-19)24-12-20-13(2)14(24)3/h6-12H,4-5H2,1-3H3,(H,21,25). The molecule has 1 aromatic carbocycles. The number of benzene rings is 1. The first kappa shape index (κ1) is 17.6. The average Bonchev–Trinajstić information content (AvgIpc) is 2.97. The Bertz CT molecular complexity index is 885. The number of aryl methyl sites for hydroxylation is 1. The van der Waals surface area contributed by atoms with Crippen molar-refractivity contribution >= 4 is 11.6 Å². The first-order valence-corrected chi connectivity index (χ1v) is 8.49. The molecule has 3 rings (SSSR count). The normalized spacial score (nSPS) is 10.6. The van der Waals surface area contributed by atoms with Crippen LogP contribution in [0.5, 0.6) is 11.6 Å². The molecular weight excluding hydrogens is 330 g/mol. The van der Waals surface area contributed by atoms with Crippen molar-refractivity contribution in [3.05, 3.63) is 54.1 Å². The van der Waals surface area contributed by atoms with Gasteiger partial charge in [-0.25, -0.2) is 4.98 Å². The molecule has 134 valence electrons. The Kier molecular flexibility index (Phi) is 5.26. The van der Waals surface area contributed by atoms with Crippen molar-refractivity contribution in [2.24, 2.45) is 0 Å². The van der Waals surface area contributed by atoms with Gasteiger partial charge in [0.05, 0.1) is 5.69 Å². The molecule has 0 aliphatic carbocycles. The minimum Gasteiger partial charge on any atom is -0.438 e. The van der Waals surface area contributed by atoms with Gasteiger partial charge in [-0.1, -0.05) is 6.92 Å². The average molecular weight is 351 g/mol. The van der Waals surface area contributed by atoms with Crippen LogP contribution in [-0.2, 0) is 4.79 Å². The first-order chi connectivity index (χ1) is 12.6. The van der Waals surface area contributed by atoms with Crippen LogP contribution >= 0.6 is 0 Å². The predicted octanol–water partition coefficient (Wildman–Crippen LogP) is 3.81. The number of hydrogen-bond donors (Lipinski definition) is 1. The van der Waals surface area contributed by atoms with E-state index in [0.29, 0.717) is 23.9 Å². The first-order valence-electron chi connectivity index (χ1n) is 8.49. The maximum absolute atomic E-state index is 11.6. The van der Waals surface area contributed by atoms with Gasteiger partial charge in [0.25, 0.3) is 0 Å². The van der Waals surface area contributed by atoms with Crippen molar-refractivity contribution in [3.63, 3.8) is 0 Å². The van der Waals surface area contributed by atoms with Crippen LogP contribution in [0.25, 0.3) is 5.82 Å². The Balaban J connectivity index is 1.66. The number of aromatic nitrogens is 4. The lowest BCUT2D eigenvalue weighted by atomic mass is 10.2. The number of carbonyl (C=O) groups excluding carboxylic acids is 1. The largest absolute Gasteiger partial charge is 0.438 e.